The Kier molecular flexibility index (Phi) is 7.33. The van der Waals surface area contributed by atoms with Gasteiger partial charge in [0.05, 0.1) is 16.2 Å². The van der Waals surface area contributed by atoms with Crippen molar-refractivity contribution in [1.29, 1.82) is 0 Å². The largest absolute Gasteiger partial charge is 0.480 e. The van der Waals surface area contributed by atoms with Crippen LogP contribution in [-0.2, 0) is 16.0 Å². The first-order chi connectivity index (χ1) is 16.0. The standard InChI is InChI=1S/C20H21F6N3O4S2/c1-11-16(20(24,25)26)34-18(27-11)29-8-6-28(7-9-29)17(30)14-10-13(35(3,31)32)4-5-15(14)33-12(2)19(21,22)23/h4-5,10,12H,6-9H2,1-3H3. The molecule has 15 heteroatoms. The van der Waals surface area contributed by atoms with E-state index in [-0.39, 0.29) is 47.5 Å². The van der Waals surface area contributed by atoms with Crippen molar-refractivity contribution in [2.45, 2.75) is 37.2 Å². The van der Waals surface area contributed by atoms with Crippen LogP contribution in [0.5, 0.6) is 5.75 Å². The summed E-state index contributed by atoms with van der Waals surface area (Å²) in [4.78, 5) is 18.9. The van der Waals surface area contributed by atoms with Gasteiger partial charge in [-0.15, -0.1) is 0 Å². The maximum Gasteiger partial charge on any atom is 0.427 e. The quantitative estimate of drug-likeness (QED) is 0.525. The Morgan fingerprint density at radius 2 is 1.71 bits per heavy atom. The fourth-order valence-corrected chi connectivity index (χ4v) is 4.95. The summed E-state index contributed by atoms with van der Waals surface area (Å²) in [6.07, 6.45) is -10.6. The highest BCUT2D eigenvalue weighted by Gasteiger charge is 2.39. The number of benzene rings is 1. The van der Waals surface area contributed by atoms with E-state index in [0.29, 0.717) is 11.3 Å². The van der Waals surface area contributed by atoms with Gasteiger partial charge in [0.1, 0.15) is 10.6 Å². The number of thiazole rings is 1. The molecular weight excluding hydrogens is 524 g/mol. The second-order valence-electron chi connectivity index (χ2n) is 7.92. The minimum Gasteiger partial charge on any atom is -0.480 e. The van der Waals surface area contributed by atoms with Gasteiger partial charge in [0.15, 0.2) is 21.1 Å². The summed E-state index contributed by atoms with van der Waals surface area (Å²) in [5, 5.41) is 0.143. The number of aromatic nitrogens is 1. The molecule has 1 amide bonds. The number of alkyl halides is 6. The summed E-state index contributed by atoms with van der Waals surface area (Å²) in [7, 11) is -3.78. The molecule has 0 aliphatic carbocycles. The van der Waals surface area contributed by atoms with Crippen LogP contribution in [0.2, 0.25) is 0 Å². The lowest BCUT2D eigenvalue weighted by Crippen LogP contribution is -2.49. The second-order valence-corrected chi connectivity index (χ2v) is 10.9. The lowest BCUT2D eigenvalue weighted by Gasteiger charge is -2.35. The first-order valence-electron chi connectivity index (χ1n) is 10.1. The first kappa shape index (κ1) is 27.0. The van der Waals surface area contributed by atoms with Crippen LogP contribution >= 0.6 is 11.3 Å². The Hall–Kier alpha value is -2.55. The maximum atomic E-state index is 13.2. The molecule has 194 valence electrons. The molecule has 3 rings (SSSR count). The Labute approximate surface area is 201 Å². The Balaban J connectivity index is 1.82. The van der Waals surface area contributed by atoms with Crippen LogP contribution in [0.4, 0.5) is 31.5 Å². The summed E-state index contributed by atoms with van der Waals surface area (Å²) in [5.74, 6) is -1.19. The average Bonchev–Trinajstić information content (AvgIpc) is 3.14. The number of anilines is 1. The topological polar surface area (TPSA) is 79.8 Å². The van der Waals surface area contributed by atoms with E-state index >= 15 is 0 Å². The predicted molar refractivity (Wildman–Crippen MR) is 116 cm³/mol. The number of hydrogen-bond acceptors (Lipinski definition) is 7. The number of carbonyl (C=O) groups excluding carboxylic acids is 1. The molecule has 2 aromatic rings. The summed E-state index contributed by atoms with van der Waals surface area (Å²) >= 11 is 0.488. The molecule has 7 nitrogen and oxygen atoms in total. The molecule has 1 aliphatic rings. The van der Waals surface area contributed by atoms with E-state index < -0.39 is 44.8 Å². The van der Waals surface area contributed by atoms with Gasteiger partial charge in [0, 0.05) is 32.4 Å². The van der Waals surface area contributed by atoms with Crippen LogP contribution in [-0.4, -0.2) is 68.9 Å². The van der Waals surface area contributed by atoms with Crippen molar-refractivity contribution in [2.24, 2.45) is 0 Å². The minimum absolute atomic E-state index is 0.0240. The monoisotopic (exact) mass is 545 g/mol. The molecule has 0 radical (unpaired) electrons. The number of carbonyl (C=O) groups is 1. The number of nitrogens with zero attached hydrogens (tertiary/aromatic N) is 3. The third-order valence-electron chi connectivity index (χ3n) is 5.25. The van der Waals surface area contributed by atoms with Crippen LogP contribution in [0.25, 0.3) is 0 Å². The van der Waals surface area contributed by atoms with Crippen LogP contribution in [0.15, 0.2) is 23.1 Å². The average molecular weight is 546 g/mol. The summed E-state index contributed by atoms with van der Waals surface area (Å²) in [5.41, 5.74) is -0.518. The number of rotatable bonds is 5. The Morgan fingerprint density at radius 1 is 1.11 bits per heavy atom. The van der Waals surface area contributed by atoms with E-state index in [1.807, 2.05) is 0 Å². The molecular formula is C20H21F6N3O4S2. The lowest BCUT2D eigenvalue weighted by molar-refractivity contribution is -0.189. The van der Waals surface area contributed by atoms with Gasteiger partial charge >= 0.3 is 12.4 Å². The highest BCUT2D eigenvalue weighted by atomic mass is 32.2. The first-order valence-corrected chi connectivity index (χ1v) is 12.9. The van der Waals surface area contributed by atoms with Crippen molar-refractivity contribution >= 4 is 32.2 Å². The Bertz CT molecular complexity index is 1200. The lowest BCUT2D eigenvalue weighted by atomic mass is 10.1. The number of halogens is 6. The van der Waals surface area contributed by atoms with E-state index in [4.69, 9.17) is 4.74 Å². The molecule has 1 aromatic heterocycles. The van der Waals surface area contributed by atoms with Crippen LogP contribution in [0.3, 0.4) is 0 Å². The maximum absolute atomic E-state index is 13.2. The fourth-order valence-electron chi connectivity index (χ4n) is 3.32. The number of hydrogen-bond donors (Lipinski definition) is 0. The van der Waals surface area contributed by atoms with Crippen molar-refractivity contribution in [3.63, 3.8) is 0 Å². The van der Waals surface area contributed by atoms with Gasteiger partial charge in [-0.25, -0.2) is 13.4 Å². The third-order valence-corrected chi connectivity index (χ3v) is 7.63. The van der Waals surface area contributed by atoms with Gasteiger partial charge in [-0.05, 0) is 32.0 Å². The van der Waals surface area contributed by atoms with E-state index in [2.05, 4.69) is 4.98 Å². The van der Waals surface area contributed by atoms with Gasteiger partial charge in [-0.1, -0.05) is 11.3 Å². The molecule has 1 unspecified atom stereocenters. The van der Waals surface area contributed by atoms with Crippen LogP contribution in [0, 0.1) is 6.92 Å². The minimum atomic E-state index is -4.72. The molecule has 0 N–H and O–H groups in total. The molecule has 1 atom stereocenters. The van der Waals surface area contributed by atoms with E-state index in [0.717, 1.165) is 31.4 Å². The third kappa shape index (κ3) is 6.18. The van der Waals surface area contributed by atoms with Gasteiger partial charge in [-0.2, -0.15) is 26.3 Å². The molecule has 35 heavy (non-hydrogen) atoms. The summed E-state index contributed by atoms with van der Waals surface area (Å²) in [6.45, 7) is 2.30. The van der Waals surface area contributed by atoms with Gasteiger partial charge in [0.25, 0.3) is 5.91 Å². The van der Waals surface area contributed by atoms with Gasteiger partial charge < -0.3 is 14.5 Å². The normalized spacial score (nSPS) is 16.4. The molecule has 2 heterocycles. The second kappa shape index (κ2) is 9.48. The number of amides is 1. The molecule has 1 aliphatic heterocycles. The molecule has 0 spiro atoms. The molecule has 1 aromatic carbocycles. The highest BCUT2D eigenvalue weighted by molar-refractivity contribution is 7.90. The molecule has 1 saturated heterocycles. The predicted octanol–water partition coefficient (Wildman–Crippen LogP) is 4.17. The van der Waals surface area contributed by atoms with Crippen molar-refractivity contribution in [3.05, 3.63) is 34.3 Å². The summed E-state index contributed by atoms with van der Waals surface area (Å²) < 4.78 is 107. The highest BCUT2D eigenvalue weighted by Crippen LogP contribution is 2.39. The number of sulfone groups is 1. The van der Waals surface area contributed by atoms with Gasteiger partial charge in [0.2, 0.25) is 0 Å². The molecule has 1 fully saturated rings. The smallest absolute Gasteiger partial charge is 0.427 e. The number of piperazine rings is 1. The number of ether oxygens (including phenoxy) is 1. The van der Waals surface area contributed by atoms with Crippen LogP contribution < -0.4 is 9.64 Å². The van der Waals surface area contributed by atoms with E-state index in [9.17, 15) is 39.6 Å². The zero-order valence-electron chi connectivity index (χ0n) is 18.7. The fraction of sp³-hybridized carbons (Fsp3) is 0.500. The molecule has 0 bridgehead atoms. The van der Waals surface area contributed by atoms with Crippen molar-refractivity contribution in [1.82, 2.24) is 9.88 Å². The van der Waals surface area contributed by atoms with Gasteiger partial charge in [-0.3, -0.25) is 4.79 Å². The van der Waals surface area contributed by atoms with E-state index in [1.165, 1.54) is 11.8 Å². The SMILES string of the molecule is Cc1nc(N2CCN(C(=O)c3cc(S(C)(=O)=O)ccc3OC(C)C(F)(F)F)CC2)sc1C(F)(F)F. The number of aryl methyl sites for hydroxylation is 1. The van der Waals surface area contributed by atoms with Crippen molar-refractivity contribution in [3.8, 4) is 5.75 Å². The van der Waals surface area contributed by atoms with Crippen LogP contribution in [0.1, 0.15) is 27.9 Å². The zero-order chi connectivity index (χ0) is 26.3. The zero-order valence-corrected chi connectivity index (χ0v) is 20.3. The van der Waals surface area contributed by atoms with Crippen molar-refractivity contribution < 1.29 is 44.3 Å². The van der Waals surface area contributed by atoms with Crippen molar-refractivity contribution in [2.75, 3.05) is 37.3 Å². The Morgan fingerprint density at radius 3 is 2.20 bits per heavy atom. The molecule has 0 saturated carbocycles. The van der Waals surface area contributed by atoms with E-state index in [1.54, 1.807) is 4.90 Å². The summed E-state index contributed by atoms with van der Waals surface area (Å²) in [6, 6.07) is 3.01.